The molecule has 1 aromatic rings. The van der Waals surface area contributed by atoms with E-state index in [2.05, 4.69) is 9.47 Å². The number of Topliss-reactive ketones (excluding diaryl/α,β-unsaturated/α-hetero) is 1. The Balaban J connectivity index is 2.71. The van der Waals surface area contributed by atoms with Crippen LogP contribution in [-0.4, -0.2) is 25.0 Å². The van der Waals surface area contributed by atoms with Gasteiger partial charge in [0.1, 0.15) is 13.0 Å². The predicted molar refractivity (Wildman–Crippen MR) is 58.0 cm³/mol. The normalized spacial score (nSPS) is 10.2. The van der Waals surface area contributed by atoms with Crippen molar-refractivity contribution < 1.29 is 36.6 Å². The van der Waals surface area contributed by atoms with E-state index in [0.717, 1.165) is 0 Å². The van der Waals surface area contributed by atoms with Crippen LogP contribution >= 0.6 is 0 Å². The monoisotopic (exact) mass is 294 g/mol. The Labute approximate surface area is 111 Å². The van der Waals surface area contributed by atoms with Gasteiger partial charge in [0.25, 0.3) is 0 Å². The van der Waals surface area contributed by atoms with E-state index in [9.17, 15) is 27.2 Å². The van der Waals surface area contributed by atoms with Crippen LogP contribution in [0.5, 0.6) is 5.75 Å². The molecule has 0 spiro atoms. The summed E-state index contributed by atoms with van der Waals surface area (Å²) >= 11 is 0. The predicted octanol–water partition coefficient (Wildman–Crippen LogP) is 2.14. The maximum absolute atomic E-state index is 13.2. The fourth-order valence-electron chi connectivity index (χ4n) is 1.25. The van der Waals surface area contributed by atoms with Crippen molar-refractivity contribution in [2.75, 3.05) is 13.2 Å². The first-order chi connectivity index (χ1) is 9.36. The molecular weight excluding hydrogens is 284 g/mol. The highest BCUT2D eigenvalue weighted by atomic mass is 19.2. The van der Waals surface area contributed by atoms with Gasteiger partial charge < -0.3 is 9.47 Å². The zero-order valence-corrected chi connectivity index (χ0v) is 10.3. The highest BCUT2D eigenvalue weighted by Crippen LogP contribution is 2.26. The van der Waals surface area contributed by atoms with Gasteiger partial charge in [-0.2, -0.15) is 8.78 Å². The first-order valence-corrected chi connectivity index (χ1v) is 5.49. The van der Waals surface area contributed by atoms with Gasteiger partial charge in [0.15, 0.2) is 23.2 Å². The molecule has 0 saturated heterocycles. The van der Waals surface area contributed by atoms with Crippen LogP contribution in [0.1, 0.15) is 13.3 Å². The van der Waals surface area contributed by atoms with Crippen molar-refractivity contribution in [2.24, 2.45) is 0 Å². The van der Waals surface area contributed by atoms with Crippen LogP contribution in [0.15, 0.2) is 6.07 Å². The molecule has 0 aliphatic carbocycles. The van der Waals surface area contributed by atoms with Crippen LogP contribution in [0.4, 0.5) is 17.6 Å². The number of hydrogen-bond acceptors (Lipinski definition) is 4. The fourth-order valence-corrected chi connectivity index (χ4v) is 1.25. The summed E-state index contributed by atoms with van der Waals surface area (Å²) in [6.45, 7) is 0.667. The summed E-state index contributed by atoms with van der Waals surface area (Å²) in [7, 11) is 0. The number of halogens is 4. The first-order valence-electron chi connectivity index (χ1n) is 5.49. The lowest BCUT2D eigenvalue weighted by Gasteiger charge is -2.08. The summed E-state index contributed by atoms with van der Waals surface area (Å²) in [6, 6.07) is 0.0119. The second-order valence-electron chi connectivity index (χ2n) is 3.61. The van der Waals surface area contributed by atoms with Crippen molar-refractivity contribution in [3.05, 3.63) is 29.3 Å². The SMILES string of the molecule is CCOC(=O)CC(=O)COc1c(F)c(F)cc(F)c1F. The molecule has 0 fully saturated rings. The topological polar surface area (TPSA) is 52.6 Å². The van der Waals surface area contributed by atoms with E-state index in [1.165, 1.54) is 6.92 Å². The Morgan fingerprint density at radius 3 is 2.15 bits per heavy atom. The van der Waals surface area contributed by atoms with Gasteiger partial charge in [-0.1, -0.05) is 0 Å². The molecule has 20 heavy (non-hydrogen) atoms. The largest absolute Gasteiger partial charge is 0.480 e. The molecule has 1 rings (SSSR count). The Morgan fingerprint density at radius 2 is 1.65 bits per heavy atom. The molecule has 0 aromatic heterocycles. The standard InChI is InChI=1S/C12H10F4O4/c1-2-19-9(18)3-6(17)5-20-12-10(15)7(13)4-8(14)11(12)16/h4H,2-3,5H2,1H3. The number of ether oxygens (including phenoxy) is 2. The highest BCUT2D eigenvalue weighted by Gasteiger charge is 2.21. The smallest absolute Gasteiger partial charge is 0.313 e. The zero-order valence-electron chi connectivity index (χ0n) is 10.3. The first kappa shape index (κ1) is 15.9. The molecule has 0 aliphatic heterocycles. The third-order valence-electron chi connectivity index (χ3n) is 2.10. The molecule has 0 saturated carbocycles. The van der Waals surface area contributed by atoms with Crippen molar-refractivity contribution in [2.45, 2.75) is 13.3 Å². The van der Waals surface area contributed by atoms with Crippen molar-refractivity contribution in [1.29, 1.82) is 0 Å². The van der Waals surface area contributed by atoms with Crippen molar-refractivity contribution in [3.8, 4) is 5.75 Å². The molecule has 0 bridgehead atoms. The van der Waals surface area contributed by atoms with E-state index >= 15 is 0 Å². The minimum absolute atomic E-state index is 0.0119. The number of ketones is 1. The summed E-state index contributed by atoms with van der Waals surface area (Å²) in [5.74, 6) is -9.87. The molecule has 4 nitrogen and oxygen atoms in total. The Kier molecular flexibility index (Phi) is 5.48. The van der Waals surface area contributed by atoms with E-state index in [0.29, 0.717) is 0 Å². The lowest BCUT2D eigenvalue weighted by atomic mass is 10.2. The number of benzene rings is 1. The van der Waals surface area contributed by atoms with Crippen LogP contribution in [0.2, 0.25) is 0 Å². The van der Waals surface area contributed by atoms with Crippen LogP contribution in [0.25, 0.3) is 0 Å². The number of esters is 1. The number of carbonyl (C=O) groups is 2. The summed E-state index contributed by atoms with van der Waals surface area (Å²) in [6.07, 6.45) is -0.672. The average Bonchev–Trinajstić information content (AvgIpc) is 2.36. The van der Waals surface area contributed by atoms with Crippen molar-refractivity contribution in [3.63, 3.8) is 0 Å². The fraction of sp³-hybridized carbons (Fsp3) is 0.333. The van der Waals surface area contributed by atoms with Gasteiger partial charge in [0.2, 0.25) is 11.6 Å². The number of carbonyl (C=O) groups excluding carboxylic acids is 2. The Bertz CT molecular complexity index is 504. The van der Waals surface area contributed by atoms with E-state index in [1.54, 1.807) is 0 Å². The zero-order chi connectivity index (χ0) is 15.3. The molecule has 0 heterocycles. The Morgan fingerprint density at radius 1 is 1.10 bits per heavy atom. The van der Waals surface area contributed by atoms with E-state index in [-0.39, 0.29) is 12.7 Å². The van der Waals surface area contributed by atoms with Gasteiger partial charge in [-0.3, -0.25) is 9.59 Å². The molecule has 0 unspecified atom stereocenters. The Hall–Kier alpha value is -2.12. The molecule has 0 radical (unpaired) electrons. The van der Waals surface area contributed by atoms with Gasteiger partial charge in [-0.25, -0.2) is 8.78 Å². The molecule has 8 heteroatoms. The van der Waals surface area contributed by atoms with Gasteiger partial charge >= 0.3 is 5.97 Å². The van der Waals surface area contributed by atoms with Gasteiger partial charge in [-0.15, -0.1) is 0 Å². The molecule has 0 N–H and O–H groups in total. The van der Waals surface area contributed by atoms with Crippen LogP contribution < -0.4 is 4.74 Å². The quantitative estimate of drug-likeness (QED) is 0.349. The summed E-state index contributed by atoms with van der Waals surface area (Å²) in [4.78, 5) is 22.2. The molecule has 110 valence electrons. The third kappa shape index (κ3) is 3.94. The molecule has 0 atom stereocenters. The third-order valence-corrected chi connectivity index (χ3v) is 2.10. The molecule has 0 aliphatic rings. The second kappa shape index (κ2) is 6.88. The van der Waals surface area contributed by atoms with Crippen LogP contribution in [0, 0.1) is 23.3 Å². The summed E-state index contributed by atoms with van der Waals surface area (Å²) in [5, 5.41) is 0. The van der Waals surface area contributed by atoms with Crippen LogP contribution in [0.3, 0.4) is 0 Å². The van der Waals surface area contributed by atoms with Crippen molar-refractivity contribution >= 4 is 11.8 Å². The summed E-state index contributed by atoms with van der Waals surface area (Å²) < 4.78 is 60.9. The van der Waals surface area contributed by atoms with Gasteiger partial charge in [-0.05, 0) is 6.92 Å². The lowest BCUT2D eigenvalue weighted by Crippen LogP contribution is -2.18. The number of rotatable bonds is 6. The maximum Gasteiger partial charge on any atom is 0.313 e. The number of hydrogen-bond donors (Lipinski definition) is 0. The summed E-state index contributed by atoms with van der Waals surface area (Å²) in [5.41, 5.74) is 0. The van der Waals surface area contributed by atoms with E-state index in [4.69, 9.17) is 0 Å². The van der Waals surface area contributed by atoms with Gasteiger partial charge in [0.05, 0.1) is 6.61 Å². The van der Waals surface area contributed by atoms with Crippen LogP contribution in [-0.2, 0) is 14.3 Å². The molecular formula is C12H10F4O4. The second-order valence-corrected chi connectivity index (χ2v) is 3.61. The van der Waals surface area contributed by atoms with E-state index < -0.39 is 53.8 Å². The van der Waals surface area contributed by atoms with Crippen molar-refractivity contribution in [1.82, 2.24) is 0 Å². The maximum atomic E-state index is 13.2. The highest BCUT2D eigenvalue weighted by molar-refractivity contribution is 5.96. The average molecular weight is 294 g/mol. The minimum atomic E-state index is -1.76. The lowest BCUT2D eigenvalue weighted by molar-refractivity contribution is -0.145. The van der Waals surface area contributed by atoms with E-state index in [1.807, 2.05) is 0 Å². The molecule has 0 amide bonds. The molecule has 1 aromatic carbocycles. The minimum Gasteiger partial charge on any atom is -0.480 e. The van der Waals surface area contributed by atoms with Gasteiger partial charge in [0, 0.05) is 6.07 Å².